The first-order valence-corrected chi connectivity index (χ1v) is 10.5. The molecule has 148 valence electrons. The molecule has 4 N–H and O–H groups in total. The summed E-state index contributed by atoms with van der Waals surface area (Å²) in [6, 6.07) is 4.97. The first kappa shape index (κ1) is 20.2. The van der Waals surface area contributed by atoms with Crippen LogP contribution in [0.4, 0.5) is 9.93 Å². The minimum Gasteiger partial charge on any atom is -0.463 e. The van der Waals surface area contributed by atoms with Crippen LogP contribution in [0.3, 0.4) is 0 Å². The summed E-state index contributed by atoms with van der Waals surface area (Å²) in [5, 5.41) is 13.7. The highest BCUT2D eigenvalue weighted by Crippen LogP contribution is 2.33. The van der Waals surface area contributed by atoms with Gasteiger partial charge in [0.2, 0.25) is 5.13 Å². The number of ether oxygens (including phenoxy) is 1. The van der Waals surface area contributed by atoms with Crippen LogP contribution in [0.15, 0.2) is 33.8 Å². The Morgan fingerprint density at radius 1 is 1.36 bits per heavy atom. The SMILES string of the molecule is CCOC(=O)C1=C(CSc2nnc(N)s2)NC(=O)NC1c1cc(C)ccc1C. The average molecular weight is 420 g/mol. The smallest absolute Gasteiger partial charge is 0.338 e. The molecule has 0 spiro atoms. The summed E-state index contributed by atoms with van der Waals surface area (Å²) in [4.78, 5) is 25.1. The summed E-state index contributed by atoms with van der Waals surface area (Å²) in [5.74, 6) is -0.134. The fourth-order valence-electron chi connectivity index (χ4n) is 2.90. The van der Waals surface area contributed by atoms with E-state index in [1.807, 2.05) is 32.0 Å². The van der Waals surface area contributed by atoms with Crippen LogP contribution in [-0.4, -0.2) is 34.6 Å². The van der Waals surface area contributed by atoms with Gasteiger partial charge in [0.15, 0.2) is 4.34 Å². The third-order valence-electron chi connectivity index (χ3n) is 4.16. The molecule has 28 heavy (non-hydrogen) atoms. The number of nitrogens with zero attached hydrogens (tertiary/aromatic N) is 2. The van der Waals surface area contributed by atoms with Crippen LogP contribution in [0, 0.1) is 13.8 Å². The van der Waals surface area contributed by atoms with Gasteiger partial charge in [0, 0.05) is 11.4 Å². The summed E-state index contributed by atoms with van der Waals surface area (Å²) in [6.07, 6.45) is 0. The number of hydrogen-bond acceptors (Lipinski definition) is 8. The highest BCUT2D eigenvalue weighted by atomic mass is 32.2. The molecule has 1 atom stereocenters. The molecule has 1 unspecified atom stereocenters. The molecule has 0 bridgehead atoms. The van der Waals surface area contributed by atoms with E-state index >= 15 is 0 Å². The van der Waals surface area contributed by atoms with Gasteiger partial charge in [0.1, 0.15) is 0 Å². The fourth-order valence-corrected chi connectivity index (χ4v) is 4.50. The minimum absolute atomic E-state index is 0.239. The molecule has 1 aromatic carbocycles. The predicted molar refractivity (Wildman–Crippen MR) is 109 cm³/mol. The average Bonchev–Trinajstić information content (AvgIpc) is 3.07. The van der Waals surface area contributed by atoms with Crippen molar-refractivity contribution in [2.75, 3.05) is 18.1 Å². The van der Waals surface area contributed by atoms with E-state index in [1.54, 1.807) is 6.92 Å². The van der Waals surface area contributed by atoms with Crippen LogP contribution in [0.1, 0.15) is 29.7 Å². The summed E-state index contributed by atoms with van der Waals surface area (Å²) in [5.41, 5.74) is 9.38. The van der Waals surface area contributed by atoms with Crippen LogP contribution in [0.25, 0.3) is 0 Å². The molecule has 2 aromatic rings. The standard InChI is InChI=1S/C18H21N5O3S2/c1-4-26-15(24)13-12(8-27-18-23-22-16(19)28-18)20-17(25)21-14(13)11-7-9(2)5-6-10(11)3/h5-7,14H,4,8H2,1-3H3,(H2,19,22)(H2,20,21,25). The zero-order valence-electron chi connectivity index (χ0n) is 15.7. The van der Waals surface area contributed by atoms with Crippen molar-refractivity contribution in [3.8, 4) is 0 Å². The first-order valence-electron chi connectivity index (χ1n) is 8.65. The molecule has 1 aliphatic rings. The van der Waals surface area contributed by atoms with Crippen molar-refractivity contribution in [2.24, 2.45) is 0 Å². The Bertz CT molecular complexity index is 941. The predicted octanol–water partition coefficient (Wildman–Crippen LogP) is 2.70. The van der Waals surface area contributed by atoms with Crippen molar-refractivity contribution in [3.05, 3.63) is 46.2 Å². The molecule has 0 fully saturated rings. The fraction of sp³-hybridized carbons (Fsp3) is 0.333. The van der Waals surface area contributed by atoms with E-state index in [9.17, 15) is 9.59 Å². The third kappa shape index (κ3) is 4.45. The molecule has 0 saturated carbocycles. The van der Waals surface area contributed by atoms with E-state index in [0.29, 0.717) is 26.5 Å². The lowest BCUT2D eigenvalue weighted by atomic mass is 9.91. The molecular weight excluding hydrogens is 398 g/mol. The topological polar surface area (TPSA) is 119 Å². The molecule has 2 heterocycles. The number of nitrogen functional groups attached to an aromatic ring is 1. The van der Waals surface area contributed by atoms with E-state index in [0.717, 1.165) is 16.7 Å². The number of carbonyl (C=O) groups is 2. The highest BCUT2D eigenvalue weighted by molar-refractivity contribution is 8.01. The molecule has 0 aliphatic carbocycles. The number of thioether (sulfide) groups is 1. The number of carbonyl (C=O) groups excluding carboxylic acids is 2. The molecule has 8 nitrogen and oxygen atoms in total. The highest BCUT2D eigenvalue weighted by Gasteiger charge is 2.34. The maximum atomic E-state index is 12.8. The van der Waals surface area contributed by atoms with Gasteiger partial charge < -0.3 is 21.1 Å². The number of anilines is 1. The number of urea groups is 1. The third-order valence-corrected chi connectivity index (χ3v) is 6.07. The second-order valence-corrected chi connectivity index (χ2v) is 8.43. The van der Waals surface area contributed by atoms with E-state index < -0.39 is 12.0 Å². The van der Waals surface area contributed by atoms with E-state index in [-0.39, 0.29) is 12.6 Å². The quantitative estimate of drug-likeness (QED) is 0.486. The Kier molecular flexibility index (Phi) is 6.20. The number of hydrogen-bond donors (Lipinski definition) is 3. The summed E-state index contributed by atoms with van der Waals surface area (Å²) in [6.45, 7) is 5.90. The van der Waals surface area contributed by atoms with Crippen LogP contribution in [-0.2, 0) is 9.53 Å². The van der Waals surface area contributed by atoms with Crippen LogP contribution in [0.2, 0.25) is 0 Å². The van der Waals surface area contributed by atoms with Gasteiger partial charge in [-0.1, -0.05) is 46.9 Å². The number of rotatable bonds is 6. The largest absolute Gasteiger partial charge is 0.463 e. The molecular formula is C18H21N5O3S2. The Balaban J connectivity index is 2.02. The van der Waals surface area contributed by atoms with Gasteiger partial charge >= 0.3 is 12.0 Å². The van der Waals surface area contributed by atoms with Crippen molar-refractivity contribution >= 4 is 40.2 Å². The molecule has 10 heteroatoms. The Morgan fingerprint density at radius 3 is 2.82 bits per heavy atom. The second kappa shape index (κ2) is 8.61. The van der Waals surface area contributed by atoms with Gasteiger partial charge in [-0.05, 0) is 31.9 Å². The van der Waals surface area contributed by atoms with Gasteiger partial charge in [-0.25, -0.2) is 9.59 Å². The number of benzene rings is 1. The Morgan fingerprint density at radius 2 is 2.14 bits per heavy atom. The number of amides is 2. The van der Waals surface area contributed by atoms with E-state index in [4.69, 9.17) is 10.5 Å². The molecule has 0 radical (unpaired) electrons. The van der Waals surface area contributed by atoms with Crippen molar-refractivity contribution < 1.29 is 14.3 Å². The van der Waals surface area contributed by atoms with E-state index in [2.05, 4.69) is 20.8 Å². The number of nitrogens with one attached hydrogen (secondary N) is 2. The number of nitrogens with two attached hydrogens (primary N) is 1. The summed E-state index contributed by atoms with van der Waals surface area (Å²) in [7, 11) is 0. The van der Waals surface area contributed by atoms with Gasteiger partial charge in [-0.15, -0.1) is 10.2 Å². The van der Waals surface area contributed by atoms with Crippen molar-refractivity contribution in [2.45, 2.75) is 31.2 Å². The zero-order chi connectivity index (χ0) is 20.3. The van der Waals surface area contributed by atoms with Crippen molar-refractivity contribution in [1.82, 2.24) is 20.8 Å². The lowest BCUT2D eigenvalue weighted by Crippen LogP contribution is -2.46. The lowest BCUT2D eigenvalue weighted by molar-refractivity contribution is -0.139. The number of aryl methyl sites for hydroxylation is 2. The monoisotopic (exact) mass is 419 g/mol. The molecule has 2 amide bonds. The summed E-state index contributed by atoms with van der Waals surface area (Å²) >= 11 is 2.60. The number of esters is 1. The minimum atomic E-state index is -0.595. The lowest BCUT2D eigenvalue weighted by Gasteiger charge is -2.30. The van der Waals surface area contributed by atoms with Crippen LogP contribution < -0.4 is 16.4 Å². The molecule has 3 rings (SSSR count). The first-order chi connectivity index (χ1) is 13.4. The van der Waals surface area contributed by atoms with Gasteiger partial charge in [-0.2, -0.15) is 0 Å². The second-order valence-electron chi connectivity index (χ2n) is 6.20. The molecule has 0 saturated heterocycles. The maximum Gasteiger partial charge on any atom is 0.338 e. The normalized spacial score (nSPS) is 16.5. The molecule has 1 aromatic heterocycles. The van der Waals surface area contributed by atoms with Gasteiger partial charge in [0.25, 0.3) is 0 Å². The van der Waals surface area contributed by atoms with E-state index in [1.165, 1.54) is 23.1 Å². The van der Waals surface area contributed by atoms with Crippen LogP contribution >= 0.6 is 23.1 Å². The summed E-state index contributed by atoms with van der Waals surface area (Å²) < 4.78 is 5.94. The zero-order valence-corrected chi connectivity index (χ0v) is 17.4. The van der Waals surface area contributed by atoms with Gasteiger partial charge in [-0.3, -0.25) is 0 Å². The Labute approximate surface area is 170 Å². The van der Waals surface area contributed by atoms with Crippen LogP contribution in [0.5, 0.6) is 0 Å². The van der Waals surface area contributed by atoms with Crippen molar-refractivity contribution in [1.29, 1.82) is 0 Å². The van der Waals surface area contributed by atoms with Gasteiger partial charge in [0.05, 0.1) is 18.2 Å². The Hall–Kier alpha value is -2.59. The number of aromatic nitrogens is 2. The molecule has 1 aliphatic heterocycles. The maximum absolute atomic E-state index is 12.8. The van der Waals surface area contributed by atoms with Crippen molar-refractivity contribution in [3.63, 3.8) is 0 Å².